The van der Waals surface area contributed by atoms with Gasteiger partial charge >= 0.3 is 0 Å². The van der Waals surface area contributed by atoms with Gasteiger partial charge in [0, 0.05) is 25.2 Å². The van der Waals surface area contributed by atoms with Crippen LogP contribution in [0.5, 0.6) is 5.75 Å². The zero-order chi connectivity index (χ0) is 13.7. The molecule has 1 fully saturated rings. The van der Waals surface area contributed by atoms with Gasteiger partial charge < -0.3 is 15.2 Å². The van der Waals surface area contributed by atoms with Crippen LogP contribution in [0.2, 0.25) is 0 Å². The molecule has 1 aromatic carbocycles. The highest BCUT2D eigenvalue weighted by Gasteiger charge is 2.29. The van der Waals surface area contributed by atoms with Crippen molar-refractivity contribution in [3.63, 3.8) is 0 Å². The zero-order valence-electron chi connectivity index (χ0n) is 11.9. The summed E-state index contributed by atoms with van der Waals surface area (Å²) in [5, 5.41) is 0. The Bertz CT molecular complexity index is 407. The summed E-state index contributed by atoms with van der Waals surface area (Å²) in [6.45, 7) is 9.15. The zero-order valence-corrected chi connectivity index (χ0v) is 11.9. The first-order valence-corrected chi connectivity index (χ1v) is 6.86. The molecule has 0 unspecified atom stereocenters. The minimum atomic E-state index is 0.0979. The summed E-state index contributed by atoms with van der Waals surface area (Å²) in [6.07, 6.45) is 0. The highest BCUT2D eigenvalue weighted by molar-refractivity contribution is 5.28. The van der Waals surface area contributed by atoms with Crippen molar-refractivity contribution in [1.29, 1.82) is 0 Å². The first-order chi connectivity index (χ1) is 9.12. The van der Waals surface area contributed by atoms with E-state index < -0.39 is 0 Å². The number of benzene rings is 1. The molecular formula is C15H24N2O2. The molecule has 1 aromatic rings. The average molecular weight is 264 g/mol. The lowest BCUT2D eigenvalue weighted by molar-refractivity contribution is -0.0547. The van der Waals surface area contributed by atoms with Gasteiger partial charge in [-0.25, -0.2) is 0 Å². The normalized spacial score (nSPS) is 19.3. The van der Waals surface area contributed by atoms with E-state index in [1.54, 1.807) is 0 Å². The minimum absolute atomic E-state index is 0.0979. The molecule has 0 aliphatic carbocycles. The second kappa shape index (κ2) is 6.37. The highest BCUT2D eigenvalue weighted by Crippen LogP contribution is 2.19. The summed E-state index contributed by atoms with van der Waals surface area (Å²) in [5.74, 6) is 0.897. The topological polar surface area (TPSA) is 47.7 Å². The van der Waals surface area contributed by atoms with Crippen LogP contribution in [-0.4, -0.2) is 43.3 Å². The van der Waals surface area contributed by atoms with Crippen LogP contribution in [0.1, 0.15) is 19.4 Å². The van der Waals surface area contributed by atoms with Crippen LogP contribution < -0.4 is 10.5 Å². The lowest BCUT2D eigenvalue weighted by Crippen LogP contribution is -2.54. The Morgan fingerprint density at radius 2 is 2.26 bits per heavy atom. The number of hydrogen-bond donors (Lipinski definition) is 1. The van der Waals surface area contributed by atoms with Gasteiger partial charge in [0.05, 0.1) is 13.2 Å². The van der Waals surface area contributed by atoms with E-state index in [4.69, 9.17) is 15.2 Å². The van der Waals surface area contributed by atoms with Crippen molar-refractivity contribution in [2.45, 2.75) is 25.9 Å². The van der Waals surface area contributed by atoms with E-state index in [2.05, 4.69) is 18.7 Å². The predicted molar refractivity (Wildman–Crippen MR) is 76.3 cm³/mol. The number of ether oxygens (including phenoxy) is 2. The van der Waals surface area contributed by atoms with Gasteiger partial charge in [0.2, 0.25) is 0 Å². The third-order valence-corrected chi connectivity index (χ3v) is 3.58. The summed E-state index contributed by atoms with van der Waals surface area (Å²) >= 11 is 0. The first-order valence-electron chi connectivity index (χ1n) is 6.86. The van der Waals surface area contributed by atoms with E-state index in [0.717, 1.165) is 37.6 Å². The molecule has 0 spiro atoms. The predicted octanol–water partition coefficient (Wildman–Crippen LogP) is 1.63. The van der Waals surface area contributed by atoms with Crippen molar-refractivity contribution in [1.82, 2.24) is 4.90 Å². The summed E-state index contributed by atoms with van der Waals surface area (Å²) in [6, 6.07) is 7.97. The Kier molecular flexibility index (Phi) is 4.80. The molecule has 2 N–H and O–H groups in total. The fourth-order valence-electron chi connectivity index (χ4n) is 2.34. The van der Waals surface area contributed by atoms with Gasteiger partial charge in [-0.3, -0.25) is 4.90 Å². The third kappa shape index (κ3) is 3.93. The van der Waals surface area contributed by atoms with E-state index in [9.17, 15) is 0 Å². The molecule has 0 saturated carbocycles. The number of hydrogen-bond acceptors (Lipinski definition) is 4. The van der Waals surface area contributed by atoms with Crippen molar-refractivity contribution in [2.24, 2.45) is 5.73 Å². The van der Waals surface area contributed by atoms with Crippen LogP contribution >= 0.6 is 0 Å². The molecule has 106 valence electrons. The van der Waals surface area contributed by atoms with Crippen molar-refractivity contribution in [3.8, 4) is 5.75 Å². The quantitative estimate of drug-likeness (QED) is 0.878. The molecule has 4 heteroatoms. The van der Waals surface area contributed by atoms with Crippen LogP contribution in [0, 0.1) is 0 Å². The van der Waals surface area contributed by atoms with E-state index in [0.29, 0.717) is 13.2 Å². The Morgan fingerprint density at radius 1 is 1.42 bits per heavy atom. The van der Waals surface area contributed by atoms with Gasteiger partial charge in [0.25, 0.3) is 0 Å². The maximum Gasteiger partial charge on any atom is 0.119 e. The number of rotatable bonds is 5. The molecule has 0 atom stereocenters. The molecule has 19 heavy (non-hydrogen) atoms. The molecule has 1 heterocycles. The van der Waals surface area contributed by atoms with Crippen molar-refractivity contribution in [3.05, 3.63) is 29.8 Å². The molecule has 2 rings (SSSR count). The summed E-state index contributed by atoms with van der Waals surface area (Å²) in [5.41, 5.74) is 6.82. The Labute approximate surface area is 115 Å². The molecule has 1 saturated heterocycles. The molecule has 0 aromatic heterocycles. The smallest absolute Gasteiger partial charge is 0.119 e. The third-order valence-electron chi connectivity index (χ3n) is 3.58. The molecular weight excluding hydrogens is 240 g/mol. The number of nitrogens with zero attached hydrogens (tertiary/aromatic N) is 1. The summed E-state index contributed by atoms with van der Waals surface area (Å²) in [7, 11) is 0. The minimum Gasteiger partial charge on any atom is -0.492 e. The lowest BCUT2D eigenvalue weighted by atomic mass is 10.0. The maximum absolute atomic E-state index is 5.81. The van der Waals surface area contributed by atoms with E-state index >= 15 is 0 Å². The molecule has 0 amide bonds. The fourth-order valence-corrected chi connectivity index (χ4v) is 2.34. The molecule has 4 nitrogen and oxygen atoms in total. The SMILES string of the molecule is CC1(C)COCCN1CCOc1cccc(CN)c1. The monoisotopic (exact) mass is 264 g/mol. The van der Waals surface area contributed by atoms with E-state index in [1.165, 1.54) is 0 Å². The molecule has 1 aliphatic heterocycles. The van der Waals surface area contributed by atoms with Gasteiger partial charge in [-0.15, -0.1) is 0 Å². The first kappa shape index (κ1) is 14.3. The van der Waals surface area contributed by atoms with Crippen LogP contribution in [-0.2, 0) is 11.3 Å². The fraction of sp³-hybridized carbons (Fsp3) is 0.600. The average Bonchev–Trinajstić information content (AvgIpc) is 2.41. The largest absolute Gasteiger partial charge is 0.492 e. The van der Waals surface area contributed by atoms with Gasteiger partial charge in [0.1, 0.15) is 12.4 Å². The Balaban J connectivity index is 1.82. The second-order valence-corrected chi connectivity index (χ2v) is 5.55. The van der Waals surface area contributed by atoms with Gasteiger partial charge in [0.15, 0.2) is 0 Å². The van der Waals surface area contributed by atoms with Crippen molar-refractivity contribution in [2.75, 3.05) is 32.9 Å². The van der Waals surface area contributed by atoms with Crippen LogP contribution in [0.25, 0.3) is 0 Å². The van der Waals surface area contributed by atoms with Gasteiger partial charge in [-0.05, 0) is 31.5 Å². The lowest BCUT2D eigenvalue weighted by Gasteiger charge is -2.41. The molecule has 1 aliphatic rings. The van der Waals surface area contributed by atoms with Crippen LogP contribution in [0.4, 0.5) is 0 Å². The summed E-state index contributed by atoms with van der Waals surface area (Å²) in [4.78, 5) is 2.42. The Morgan fingerprint density at radius 3 is 3.00 bits per heavy atom. The maximum atomic E-state index is 5.81. The van der Waals surface area contributed by atoms with Crippen LogP contribution in [0.15, 0.2) is 24.3 Å². The van der Waals surface area contributed by atoms with Gasteiger partial charge in [-0.2, -0.15) is 0 Å². The molecule has 0 radical (unpaired) electrons. The molecule has 0 bridgehead atoms. The highest BCUT2D eigenvalue weighted by atomic mass is 16.5. The number of morpholine rings is 1. The standard InChI is InChI=1S/C15H24N2O2/c1-15(2)12-18-8-6-17(15)7-9-19-14-5-3-4-13(10-14)11-16/h3-5,10H,6-9,11-12,16H2,1-2H3. The van der Waals surface area contributed by atoms with Crippen molar-refractivity contribution >= 4 is 0 Å². The Hall–Kier alpha value is -1.10. The second-order valence-electron chi connectivity index (χ2n) is 5.55. The summed E-state index contributed by atoms with van der Waals surface area (Å²) < 4.78 is 11.3. The number of nitrogens with two attached hydrogens (primary N) is 1. The van der Waals surface area contributed by atoms with Crippen LogP contribution in [0.3, 0.4) is 0 Å². The van der Waals surface area contributed by atoms with Crippen molar-refractivity contribution < 1.29 is 9.47 Å². The van der Waals surface area contributed by atoms with Gasteiger partial charge in [-0.1, -0.05) is 12.1 Å². The van der Waals surface area contributed by atoms with E-state index in [-0.39, 0.29) is 5.54 Å². The van der Waals surface area contributed by atoms with E-state index in [1.807, 2.05) is 24.3 Å².